The summed E-state index contributed by atoms with van der Waals surface area (Å²) in [5, 5.41) is 7.60. The van der Waals surface area contributed by atoms with E-state index in [-0.39, 0.29) is 5.41 Å². The highest BCUT2D eigenvalue weighted by Crippen LogP contribution is 2.52. The molecule has 0 saturated heterocycles. The van der Waals surface area contributed by atoms with Gasteiger partial charge in [-0.05, 0) is 121 Å². The first-order chi connectivity index (χ1) is 30.0. The van der Waals surface area contributed by atoms with E-state index >= 15 is 0 Å². The number of nitrogens with zero attached hydrogens (tertiary/aromatic N) is 2. The largest absolute Gasteiger partial charge is 0.310 e. The Morgan fingerprint density at radius 3 is 1.64 bits per heavy atom. The van der Waals surface area contributed by atoms with Gasteiger partial charge in [-0.15, -0.1) is 0 Å². The minimum absolute atomic E-state index is 0.0978. The van der Waals surface area contributed by atoms with Crippen LogP contribution in [0.25, 0.3) is 82.4 Å². The van der Waals surface area contributed by atoms with Crippen LogP contribution in [0.4, 0.5) is 17.1 Å². The Labute approximate surface area is 356 Å². The molecule has 10 aromatic carbocycles. The molecule has 2 nitrogen and oxygen atoms in total. The Kier molecular flexibility index (Phi) is 7.92. The molecule has 11 aromatic rings. The normalized spacial score (nSPS) is 12.9. The lowest BCUT2D eigenvalue weighted by atomic mass is 9.79. The van der Waals surface area contributed by atoms with Crippen molar-refractivity contribution < 1.29 is 0 Å². The molecule has 0 aliphatic heterocycles. The number of para-hydroxylation sites is 2. The van der Waals surface area contributed by atoms with Crippen molar-refractivity contribution in [3.63, 3.8) is 0 Å². The fourth-order valence-electron chi connectivity index (χ4n) is 10.4. The third kappa shape index (κ3) is 5.49. The summed E-state index contributed by atoms with van der Waals surface area (Å²) in [6.07, 6.45) is 0. The van der Waals surface area contributed by atoms with Gasteiger partial charge >= 0.3 is 0 Å². The van der Waals surface area contributed by atoms with Gasteiger partial charge in [0.1, 0.15) is 0 Å². The number of hydrogen-bond donors (Lipinski definition) is 0. The summed E-state index contributed by atoms with van der Waals surface area (Å²) in [6.45, 7) is 4.73. The van der Waals surface area contributed by atoms with Gasteiger partial charge in [-0.2, -0.15) is 0 Å². The zero-order valence-electron chi connectivity index (χ0n) is 34.2. The van der Waals surface area contributed by atoms with Crippen LogP contribution in [-0.2, 0) is 5.41 Å². The number of hydrogen-bond acceptors (Lipinski definition) is 1. The molecule has 1 aliphatic rings. The van der Waals surface area contributed by atoms with E-state index in [1.165, 1.54) is 87.9 Å². The van der Waals surface area contributed by atoms with Crippen LogP contribution in [-0.4, -0.2) is 4.57 Å². The fourth-order valence-corrected chi connectivity index (χ4v) is 10.4. The van der Waals surface area contributed by atoms with Crippen LogP contribution >= 0.6 is 0 Å². The molecule has 0 radical (unpaired) electrons. The number of fused-ring (bicyclic) bond motifs is 9. The van der Waals surface area contributed by atoms with E-state index in [2.05, 4.69) is 242 Å². The van der Waals surface area contributed by atoms with Crippen molar-refractivity contribution in [1.29, 1.82) is 0 Å². The molecule has 0 saturated carbocycles. The summed E-state index contributed by atoms with van der Waals surface area (Å²) in [6, 6.07) is 80.3. The smallest absolute Gasteiger partial charge is 0.0541 e. The SMILES string of the molecule is CC1(C)c2ccccc2-c2cccc(-c3ccc(N(c4ccc(-c5cccc6c5ccc5ccccc56)cc4)c4cccc(-n5c6ccccc6c6ccccc65)c4)cc3)c21. The molecule has 1 heterocycles. The standard InChI is InChI=1S/C59H42N2/c1-59(2)55-25-8-5-18-51(55)54-24-13-22-48(58(54)59)41-30-35-43(36-31-41)60(44-15-11-16-45(38-44)61-56-26-9-6-19-52(56)53-20-7-10-27-57(53)61)42-33-28-40(29-34-42)47-21-12-23-49-46-17-4-3-14-39(46)32-37-50(47)49/h3-38H,1-2H3. The minimum Gasteiger partial charge on any atom is -0.310 e. The van der Waals surface area contributed by atoms with E-state index in [0.29, 0.717) is 0 Å². The predicted molar refractivity (Wildman–Crippen MR) is 259 cm³/mol. The van der Waals surface area contributed by atoms with Crippen LogP contribution in [0, 0.1) is 0 Å². The molecule has 0 unspecified atom stereocenters. The topological polar surface area (TPSA) is 8.17 Å². The van der Waals surface area contributed by atoms with E-state index in [9.17, 15) is 0 Å². The summed E-state index contributed by atoms with van der Waals surface area (Å²) in [5.41, 5.74) is 17.1. The van der Waals surface area contributed by atoms with Crippen molar-refractivity contribution >= 4 is 60.4 Å². The molecule has 1 aliphatic carbocycles. The van der Waals surface area contributed by atoms with Gasteiger partial charge in [-0.3, -0.25) is 0 Å². The summed E-state index contributed by atoms with van der Waals surface area (Å²) < 4.78 is 2.40. The molecule has 0 bridgehead atoms. The third-order valence-corrected chi connectivity index (χ3v) is 13.2. The quantitative estimate of drug-likeness (QED) is 0.153. The summed E-state index contributed by atoms with van der Waals surface area (Å²) in [7, 11) is 0. The van der Waals surface area contributed by atoms with Crippen LogP contribution in [0.2, 0.25) is 0 Å². The van der Waals surface area contributed by atoms with Crippen LogP contribution in [0.1, 0.15) is 25.0 Å². The summed E-state index contributed by atoms with van der Waals surface area (Å²) >= 11 is 0. The summed E-state index contributed by atoms with van der Waals surface area (Å²) in [4.78, 5) is 2.40. The predicted octanol–water partition coefficient (Wildman–Crippen LogP) is 16.2. The van der Waals surface area contributed by atoms with Crippen molar-refractivity contribution in [2.45, 2.75) is 19.3 Å². The minimum atomic E-state index is -0.0978. The van der Waals surface area contributed by atoms with Crippen LogP contribution < -0.4 is 4.90 Å². The number of aromatic nitrogens is 1. The highest BCUT2D eigenvalue weighted by molar-refractivity contribution is 6.12. The van der Waals surface area contributed by atoms with Crippen molar-refractivity contribution in [3.8, 4) is 39.1 Å². The summed E-state index contributed by atoms with van der Waals surface area (Å²) in [5.74, 6) is 0. The number of anilines is 3. The zero-order valence-corrected chi connectivity index (χ0v) is 34.2. The van der Waals surface area contributed by atoms with Gasteiger partial charge in [-0.1, -0.05) is 178 Å². The van der Waals surface area contributed by atoms with E-state index in [0.717, 1.165) is 22.7 Å². The van der Waals surface area contributed by atoms with E-state index in [4.69, 9.17) is 0 Å². The molecular weight excluding hydrogens is 737 g/mol. The first kappa shape index (κ1) is 35.3. The Morgan fingerprint density at radius 2 is 0.902 bits per heavy atom. The lowest BCUT2D eigenvalue weighted by Gasteiger charge is -2.27. The number of rotatable bonds is 6. The van der Waals surface area contributed by atoms with Gasteiger partial charge in [0.2, 0.25) is 0 Å². The Morgan fingerprint density at radius 1 is 0.361 bits per heavy atom. The third-order valence-electron chi connectivity index (χ3n) is 13.2. The maximum Gasteiger partial charge on any atom is 0.0541 e. The lowest BCUT2D eigenvalue weighted by Crippen LogP contribution is -2.16. The average molecular weight is 779 g/mol. The first-order valence-electron chi connectivity index (χ1n) is 21.3. The molecule has 2 heteroatoms. The Bertz CT molecular complexity index is 3440. The Hall–Kier alpha value is -7.68. The van der Waals surface area contributed by atoms with Crippen molar-refractivity contribution in [2.24, 2.45) is 0 Å². The number of benzene rings is 10. The second-order valence-corrected chi connectivity index (χ2v) is 16.9. The molecule has 288 valence electrons. The molecule has 0 spiro atoms. The average Bonchev–Trinajstić information content (AvgIpc) is 3.78. The van der Waals surface area contributed by atoms with Gasteiger partial charge in [0, 0.05) is 38.9 Å². The molecule has 0 atom stereocenters. The highest BCUT2D eigenvalue weighted by Gasteiger charge is 2.37. The molecule has 0 fully saturated rings. The molecule has 1 aromatic heterocycles. The second kappa shape index (κ2) is 13.7. The molecule has 0 amide bonds. The van der Waals surface area contributed by atoms with Gasteiger partial charge < -0.3 is 9.47 Å². The van der Waals surface area contributed by atoms with Gasteiger partial charge in [0.15, 0.2) is 0 Å². The zero-order chi connectivity index (χ0) is 40.7. The van der Waals surface area contributed by atoms with E-state index < -0.39 is 0 Å². The second-order valence-electron chi connectivity index (χ2n) is 16.9. The van der Waals surface area contributed by atoms with Gasteiger partial charge in [0.05, 0.1) is 11.0 Å². The molecule has 0 N–H and O–H groups in total. The monoisotopic (exact) mass is 778 g/mol. The Balaban J connectivity index is 0.995. The molecule has 12 rings (SSSR count). The maximum atomic E-state index is 2.40. The van der Waals surface area contributed by atoms with Gasteiger partial charge in [0.25, 0.3) is 0 Å². The van der Waals surface area contributed by atoms with Crippen molar-refractivity contribution in [1.82, 2.24) is 4.57 Å². The van der Waals surface area contributed by atoms with Crippen molar-refractivity contribution in [3.05, 3.63) is 230 Å². The van der Waals surface area contributed by atoms with E-state index in [1.807, 2.05) is 0 Å². The lowest BCUT2D eigenvalue weighted by molar-refractivity contribution is 0.662. The highest BCUT2D eigenvalue weighted by atomic mass is 15.1. The van der Waals surface area contributed by atoms with Crippen LogP contribution in [0.15, 0.2) is 218 Å². The van der Waals surface area contributed by atoms with Crippen LogP contribution in [0.3, 0.4) is 0 Å². The fraction of sp³-hybridized carbons (Fsp3) is 0.0508. The molecular formula is C59H42N2. The molecule has 61 heavy (non-hydrogen) atoms. The maximum absolute atomic E-state index is 2.40. The van der Waals surface area contributed by atoms with Gasteiger partial charge in [-0.25, -0.2) is 0 Å². The van der Waals surface area contributed by atoms with Crippen molar-refractivity contribution in [2.75, 3.05) is 4.90 Å². The van der Waals surface area contributed by atoms with Crippen LogP contribution in [0.5, 0.6) is 0 Å². The van der Waals surface area contributed by atoms with E-state index in [1.54, 1.807) is 0 Å². The first-order valence-corrected chi connectivity index (χ1v) is 21.3.